The number of halogens is 3. The Hall–Kier alpha value is -1.57. The maximum Gasteiger partial charge on any atom is 0.416 e. The zero-order chi connectivity index (χ0) is 16.8. The predicted molar refractivity (Wildman–Crippen MR) is 75.4 cm³/mol. The number of carbonyl (C=O) groups excluding carboxylic acids is 1. The van der Waals surface area contributed by atoms with Gasteiger partial charge in [0.05, 0.1) is 23.0 Å². The molecule has 1 saturated heterocycles. The van der Waals surface area contributed by atoms with Gasteiger partial charge >= 0.3 is 12.1 Å². The Balaban J connectivity index is 1.67. The maximum absolute atomic E-state index is 13.0. The lowest BCUT2D eigenvalue weighted by Gasteiger charge is -2.13. The molecule has 0 aromatic heterocycles. The van der Waals surface area contributed by atoms with Crippen molar-refractivity contribution in [3.63, 3.8) is 0 Å². The summed E-state index contributed by atoms with van der Waals surface area (Å²) in [4.78, 5) is 12.0. The van der Waals surface area contributed by atoms with Crippen LogP contribution in [0.4, 0.5) is 13.2 Å². The predicted octanol–water partition coefficient (Wildman–Crippen LogP) is 2.54. The Labute approximate surface area is 131 Å². The lowest BCUT2D eigenvalue weighted by molar-refractivity contribution is -0.149. The SMILES string of the molecule is O=C(O[C@@H]1CCS(=O)(=O)C1)[C@@H]1C[C@@H]1c1ccccc1C(F)(F)F. The molecule has 8 heteroatoms. The van der Waals surface area contributed by atoms with Crippen molar-refractivity contribution in [2.45, 2.75) is 31.0 Å². The Morgan fingerprint density at radius 2 is 1.91 bits per heavy atom. The molecule has 1 saturated carbocycles. The van der Waals surface area contributed by atoms with E-state index in [0.717, 1.165) is 6.07 Å². The number of hydrogen-bond acceptors (Lipinski definition) is 4. The Morgan fingerprint density at radius 3 is 2.52 bits per heavy atom. The summed E-state index contributed by atoms with van der Waals surface area (Å²) in [5, 5.41) is 0. The fraction of sp³-hybridized carbons (Fsp3) is 0.533. The van der Waals surface area contributed by atoms with Crippen molar-refractivity contribution < 1.29 is 31.1 Å². The van der Waals surface area contributed by atoms with E-state index in [1.807, 2.05) is 0 Å². The second-order valence-corrected chi connectivity index (χ2v) is 8.22. The van der Waals surface area contributed by atoms with E-state index >= 15 is 0 Å². The van der Waals surface area contributed by atoms with Crippen molar-refractivity contribution in [1.82, 2.24) is 0 Å². The van der Waals surface area contributed by atoms with Crippen LogP contribution in [-0.2, 0) is 25.5 Å². The van der Waals surface area contributed by atoms with E-state index in [-0.39, 0.29) is 23.5 Å². The van der Waals surface area contributed by atoms with Gasteiger partial charge in [-0.05, 0) is 30.4 Å². The molecule has 0 N–H and O–H groups in total. The molecule has 126 valence electrons. The third-order valence-corrected chi connectivity index (χ3v) is 5.97. The molecule has 1 aromatic rings. The summed E-state index contributed by atoms with van der Waals surface area (Å²) in [7, 11) is -3.16. The number of ether oxygens (including phenoxy) is 1. The second kappa shape index (κ2) is 5.51. The van der Waals surface area contributed by atoms with Crippen molar-refractivity contribution >= 4 is 15.8 Å². The second-order valence-electron chi connectivity index (χ2n) is 6.00. The standard InChI is InChI=1S/C15H15F3O4S/c16-15(17,18)13-4-2-1-3-10(13)11-7-12(11)14(19)22-9-5-6-23(20,21)8-9/h1-4,9,11-12H,5-8H2/t9-,11-,12-/m1/s1. The van der Waals surface area contributed by atoms with Gasteiger partial charge < -0.3 is 4.74 Å². The van der Waals surface area contributed by atoms with Crippen molar-refractivity contribution in [3.05, 3.63) is 35.4 Å². The molecule has 2 fully saturated rings. The van der Waals surface area contributed by atoms with Gasteiger partial charge in [0.1, 0.15) is 6.10 Å². The first-order valence-electron chi connectivity index (χ1n) is 7.24. The molecule has 23 heavy (non-hydrogen) atoms. The fourth-order valence-electron chi connectivity index (χ4n) is 2.98. The average Bonchev–Trinajstić information content (AvgIpc) is 3.17. The summed E-state index contributed by atoms with van der Waals surface area (Å²) < 4.78 is 66.8. The topological polar surface area (TPSA) is 60.4 Å². The minimum absolute atomic E-state index is 0.0179. The third-order valence-electron chi connectivity index (χ3n) is 4.23. The largest absolute Gasteiger partial charge is 0.461 e. The van der Waals surface area contributed by atoms with Crippen molar-refractivity contribution in [3.8, 4) is 0 Å². The van der Waals surface area contributed by atoms with Crippen LogP contribution in [0.2, 0.25) is 0 Å². The first-order chi connectivity index (χ1) is 10.7. The number of carbonyl (C=O) groups is 1. The van der Waals surface area contributed by atoms with E-state index < -0.39 is 45.5 Å². The van der Waals surface area contributed by atoms with E-state index in [0.29, 0.717) is 6.42 Å². The van der Waals surface area contributed by atoms with Crippen LogP contribution in [-0.4, -0.2) is 32.0 Å². The lowest BCUT2D eigenvalue weighted by Crippen LogP contribution is -2.21. The maximum atomic E-state index is 13.0. The van der Waals surface area contributed by atoms with E-state index in [4.69, 9.17) is 4.74 Å². The van der Waals surface area contributed by atoms with E-state index in [9.17, 15) is 26.4 Å². The molecule has 0 bridgehead atoms. The molecule has 1 heterocycles. The van der Waals surface area contributed by atoms with E-state index in [1.165, 1.54) is 18.2 Å². The van der Waals surface area contributed by atoms with Gasteiger partial charge in [0, 0.05) is 0 Å². The Kier molecular flexibility index (Phi) is 3.90. The molecule has 1 aromatic carbocycles. The van der Waals surface area contributed by atoms with Gasteiger partial charge in [0.2, 0.25) is 0 Å². The highest BCUT2D eigenvalue weighted by Crippen LogP contribution is 2.51. The minimum Gasteiger partial charge on any atom is -0.461 e. The Morgan fingerprint density at radius 1 is 1.22 bits per heavy atom. The number of rotatable bonds is 3. The normalized spacial score (nSPS) is 29.3. The first-order valence-corrected chi connectivity index (χ1v) is 9.06. The van der Waals surface area contributed by atoms with Crippen LogP contribution in [0.25, 0.3) is 0 Å². The van der Waals surface area contributed by atoms with Gasteiger partial charge in [-0.3, -0.25) is 4.79 Å². The molecule has 0 amide bonds. The quantitative estimate of drug-likeness (QED) is 0.788. The van der Waals surface area contributed by atoms with Crippen molar-refractivity contribution in [2.24, 2.45) is 5.92 Å². The van der Waals surface area contributed by atoms with Gasteiger partial charge in [-0.1, -0.05) is 18.2 Å². The minimum atomic E-state index is -4.47. The van der Waals surface area contributed by atoms with Crippen LogP contribution < -0.4 is 0 Å². The highest BCUT2D eigenvalue weighted by Gasteiger charge is 2.49. The molecule has 2 aliphatic rings. The molecular weight excluding hydrogens is 333 g/mol. The number of sulfone groups is 1. The molecule has 0 unspecified atom stereocenters. The summed E-state index contributed by atoms with van der Waals surface area (Å²) in [6, 6.07) is 5.20. The number of esters is 1. The van der Waals surface area contributed by atoms with Crippen LogP contribution in [0.5, 0.6) is 0 Å². The highest BCUT2D eigenvalue weighted by atomic mass is 32.2. The summed E-state index contributed by atoms with van der Waals surface area (Å²) in [5.74, 6) is -1.96. The molecule has 1 aliphatic heterocycles. The number of hydrogen-bond donors (Lipinski definition) is 0. The van der Waals surface area contributed by atoms with Gasteiger partial charge in [-0.2, -0.15) is 13.2 Å². The van der Waals surface area contributed by atoms with Crippen LogP contribution in [0.3, 0.4) is 0 Å². The molecule has 0 spiro atoms. The average molecular weight is 348 g/mol. The van der Waals surface area contributed by atoms with Crippen molar-refractivity contribution in [1.29, 1.82) is 0 Å². The highest BCUT2D eigenvalue weighted by molar-refractivity contribution is 7.91. The zero-order valence-electron chi connectivity index (χ0n) is 12.0. The molecule has 3 atom stereocenters. The smallest absolute Gasteiger partial charge is 0.416 e. The van der Waals surface area contributed by atoms with Gasteiger partial charge in [-0.25, -0.2) is 8.42 Å². The molecular formula is C15H15F3O4S. The summed E-state index contributed by atoms with van der Waals surface area (Å²) >= 11 is 0. The van der Waals surface area contributed by atoms with Gasteiger partial charge in [0.25, 0.3) is 0 Å². The van der Waals surface area contributed by atoms with E-state index in [1.54, 1.807) is 0 Å². The summed E-state index contributed by atoms with van der Waals surface area (Å²) in [6.07, 6.45) is -4.59. The fourth-order valence-corrected chi connectivity index (χ4v) is 4.57. The lowest BCUT2D eigenvalue weighted by atomic mass is 10.0. The molecule has 4 nitrogen and oxygen atoms in total. The van der Waals surface area contributed by atoms with Crippen LogP contribution >= 0.6 is 0 Å². The van der Waals surface area contributed by atoms with Crippen LogP contribution in [0, 0.1) is 5.92 Å². The molecule has 3 rings (SSSR count). The zero-order valence-corrected chi connectivity index (χ0v) is 12.9. The number of alkyl halides is 3. The van der Waals surface area contributed by atoms with E-state index in [2.05, 4.69) is 0 Å². The first kappa shape index (κ1) is 16.3. The van der Waals surface area contributed by atoms with Gasteiger partial charge in [0.15, 0.2) is 9.84 Å². The molecule has 1 aliphatic carbocycles. The van der Waals surface area contributed by atoms with Crippen LogP contribution in [0.15, 0.2) is 24.3 Å². The van der Waals surface area contributed by atoms with Crippen molar-refractivity contribution in [2.75, 3.05) is 11.5 Å². The Bertz CT molecular complexity index is 726. The summed E-state index contributed by atoms with van der Waals surface area (Å²) in [6.45, 7) is 0. The van der Waals surface area contributed by atoms with Gasteiger partial charge in [-0.15, -0.1) is 0 Å². The summed E-state index contributed by atoms with van der Waals surface area (Å²) in [5.41, 5.74) is -0.635. The molecule has 0 radical (unpaired) electrons. The monoisotopic (exact) mass is 348 g/mol. The van der Waals surface area contributed by atoms with Crippen LogP contribution in [0.1, 0.15) is 29.9 Å². The number of benzene rings is 1. The third kappa shape index (κ3) is 3.52.